The molecule has 0 saturated carbocycles. The molecule has 2 aromatic heterocycles. The van der Waals surface area contributed by atoms with E-state index in [1.165, 1.54) is 17.9 Å². The largest absolute Gasteiger partial charge is 0.332 e. The molecule has 1 aliphatic heterocycles. The number of aryl methyl sites for hydroxylation is 1. The summed E-state index contributed by atoms with van der Waals surface area (Å²) in [7, 11) is 3.00. The molecule has 3 aromatic rings. The van der Waals surface area contributed by atoms with Crippen LogP contribution in [0.1, 0.15) is 11.1 Å². The number of hydrogen-bond acceptors (Lipinski definition) is 5. The smallest absolute Gasteiger partial charge is 0.320 e. The van der Waals surface area contributed by atoms with Crippen LogP contribution in [0.25, 0.3) is 17.2 Å². The average Bonchev–Trinajstić information content (AvgIpc) is 3.22. The number of benzene rings is 1. The van der Waals surface area contributed by atoms with E-state index in [4.69, 9.17) is 0 Å². The van der Waals surface area contributed by atoms with E-state index in [1.54, 1.807) is 29.8 Å². The van der Waals surface area contributed by atoms with Crippen LogP contribution in [0.3, 0.4) is 0 Å². The maximum Gasteiger partial charge on any atom is 0.332 e. The highest BCUT2D eigenvalue weighted by Gasteiger charge is 2.22. The molecule has 10 heteroatoms. The topological polar surface area (TPSA) is 120 Å². The molecule has 0 atom stereocenters. The van der Waals surface area contributed by atoms with Crippen molar-refractivity contribution in [1.82, 2.24) is 29.3 Å². The molecule has 2 N–H and O–H groups in total. The molecule has 0 bridgehead atoms. The third-order valence-electron chi connectivity index (χ3n) is 4.58. The number of urea groups is 1. The van der Waals surface area contributed by atoms with E-state index in [2.05, 4.69) is 15.6 Å². The average molecular weight is 380 g/mol. The number of imidazole rings is 1. The van der Waals surface area contributed by atoms with Crippen molar-refractivity contribution in [3.05, 3.63) is 68.3 Å². The summed E-state index contributed by atoms with van der Waals surface area (Å²) >= 11 is 0. The number of nitrogens with one attached hydrogen (secondary N) is 2. The summed E-state index contributed by atoms with van der Waals surface area (Å²) in [4.78, 5) is 51.4. The zero-order valence-corrected chi connectivity index (χ0v) is 15.1. The van der Waals surface area contributed by atoms with Gasteiger partial charge in [-0.3, -0.25) is 24.0 Å². The minimum absolute atomic E-state index is 0.183. The Morgan fingerprint density at radius 3 is 2.36 bits per heavy atom. The summed E-state index contributed by atoms with van der Waals surface area (Å²) in [5.41, 5.74) is 1.67. The van der Waals surface area contributed by atoms with Gasteiger partial charge in [-0.25, -0.2) is 14.6 Å². The maximum absolute atomic E-state index is 12.5. The first-order valence-electron chi connectivity index (χ1n) is 8.39. The molecule has 4 rings (SSSR count). The predicted molar refractivity (Wildman–Crippen MR) is 100 cm³/mol. The fourth-order valence-electron chi connectivity index (χ4n) is 3.08. The molecule has 10 nitrogen and oxygen atoms in total. The molecule has 1 saturated heterocycles. The summed E-state index contributed by atoms with van der Waals surface area (Å²) in [5.74, 6) is -0.472. The fraction of sp³-hybridized carbons (Fsp3) is 0.167. The van der Waals surface area contributed by atoms with Gasteiger partial charge in [-0.1, -0.05) is 24.3 Å². The van der Waals surface area contributed by atoms with E-state index in [0.717, 1.165) is 15.7 Å². The summed E-state index contributed by atoms with van der Waals surface area (Å²) in [6, 6.07) is 6.74. The van der Waals surface area contributed by atoms with Crippen LogP contribution in [0, 0.1) is 0 Å². The first-order chi connectivity index (χ1) is 13.3. The highest BCUT2D eigenvalue weighted by Crippen LogP contribution is 2.13. The summed E-state index contributed by atoms with van der Waals surface area (Å²) in [5, 5.41) is 4.57. The summed E-state index contributed by atoms with van der Waals surface area (Å²) in [6.45, 7) is 0.387. The highest BCUT2D eigenvalue weighted by molar-refractivity contribution is 6.13. The van der Waals surface area contributed by atoms with Gasteiger partial charge in [0.1, 0.15) is 5.70 Å². The molecule has 0 aliphatic carbocycles. The number of carbonyl (C=O) groups excluding carboxylic acids is 2. The Morgan fingerprint density at radius 2 is 1.71 bits per heavy atom. The van der Waals surface area contributed by atoms with E-state index < -0.39 is 23.2 Å². The van der Waals surface area contributed by atoms with Gasteiger partial charge >= 0.3 is 11.7 Å². The number of carbonyl (C=O) groups is 2. The molecule has 142 valence electrons. The van der Waals surface area contributed by atoms with Crippen LogP contribution in [0.5, 0.6) is 0 Å². The summed E-state index contributed by atoms with van der Waals surface area (Å²) in [6.07, 6.45) is 3.10. The first-order valence-corrected chi connectivity index (χ1v) is 8.39. The molecule has 0 radical (unpaired) electrons. The fourth-order valence-corrected chi connectivity index (χ4v) is 3.08. The van der Waals surface area contributed by atoms with Gasteiger partial charge in [-0.2, -0.15) is 0 Å². The third kappa shape index (κ3) is 2.80. The van der Waals surface area contributed by atoms with Gasteiger partial charge in [0.25, 0.3) is 11.5 Å². The molecule has 0 unspecified atom stereocenters. The van der Waals surface area contributed by atoms with Gasteiger partial charge in [-0.15, -0.1) is 0 Å². The van der Waals surface area contributed by atoms with E-state index >= 15 is 0 Å². The Bertz CT molecular complexity index is 1280. The second kappa shape index (κ2) is 6.34. The van der Waals surface area contributed by atoms with Crippen LogP contribution in [0.4, 0.5) is 4.79 Å². The second-order valence-electron chi connectivity index (χ2n) is 6.46. The van der Waals surface area contributed by atoms with Crippen LogP contribution < -0.4 is 21.9 Å². The lowest BCUT2D eigenvalue weighted by molar-refractivity contribution is -0.115. The van der Waals surface area contributed by atoms with Gasteiger partial charge in [-0.05, 0) is 17.2 Å². The molecular weight excluding hydrogens is 364 g/mol. The van der Waals surface area contributed by atoms with Crippen molar-refractivity contribution >= 4 is 29.2 Å². The predicted octanol–water partition coefficient (Wildman–Crippen LogP) is -0.338. The molecule has 3 heterocycles. The molecule has 28 heavy (non-hydrogen) atoms. The lowest BCUT2D eigenvalue weighted by Gasteiger charge is -2.07. The SMILES string of the molecule is Cn1c(=O)c2c(ncn2Cc2ccc(/C=C3\NC(=O)NC3=O)cc2)n(C)c1=O. The Hall–Kier alpha value is -3.95. The Balaban J connectivity index is 1.65. The van der Waals surface area contributed by atoms with E-state index in [1.807, 2.05) is 12.1 Å². The van der Waals surface area contributed by atoms with Crippen LogP contribution in [-0.4, -0.2) is 30.6 Å². The molecule has 0 spiro atoms. The van der Waals surface area contributed by atoms with Crippen LogP contribution in [-0.2, 0) is 25.4 Å². The van der Waals surface area contributed by atoms with Crippen molar-refractivity contribution in [2.45, 2.75) is 6.54 Å². The zero-order chi connectivity index (χ0) is 20.0. The number of nitrogens with zero attached hydrogens (tertiary/aromatic N) is 4. The number of aromatic nitrogens is 4. The van der Waals surface area contributed by atoms with Crippen molar-refractivity contribution < 1.29 is 9.59 Å². The number of fused-ring (bicyclic) bond motifs is 1. The van der Waals surface area contributed by atoms with Crippen LogP contribution in [0.15, 0.2) is 45.9 Å². The molecular formula is C18H16N6O4. The Labute approximate surface area is 157 Å². The van der Waals surface area contributed by atoms with Crippen molar-refractivity contribution in [2.24, 2.45) is 14.1 Å². The van der Waals surface area contributed by atoms with Crippen molar-refractivity contribution in [3.8, 4) is 0 Å². The quantitative estimate of drug-likeness (QED) is 0.476. The molecule has 1 aromatic carbocycles. The lowest BCUT2D eigenvalue weighted by atomic mass is 10.1. The normalized spacial score (nSPS) is 15.3. The van der Waals surface area contributed by atoms with E-state index in [9.17, 15) is 19.2 Å². The standard InChI is InChI=1S/C18H16N6O4/c1-22-14-13(16(26)23(2)18(22)28)24(9-19-14)8-11-5-3-10(4-6-11)7-12-15(25)21-17(27)20-12/h3-7,9H,8H2,1-2H3,(H2,20,21,25,27)/b12-7-. The number of imide groups is 1. The first kappa shape index (κ1) is 17.5. The Morgan fingerprint density at radius 1 is 1.00 bits per heavy atom. The molecule has 1 fully saturated rings. The minimum atomic E-state index is -0.546. The van der Waals surface area contributed by atoms with Gasteiger partial charge in [0, 0.05) is 20.6 Å². The van der Waals surface area contributed by atoms with Gasteiger partial charge in [0.15, 0.2) is 11.2 Å². The third-order valence-corrected chi connectivity index (χ3v) is 4.58. The highest BCUT2D eigenvalue weighted by atomic mass is 16.2. The van der Waals surface area contributed by atoms with Crippen LogP contribution in [0.2, 0.25) is 0 Å². The van der Waals surface area contributed by atoms with Crippen LogP contribution >= 0.6 is 0 Å². The summed E-state index contributed by atoms with van der Waals surface area (Å²) < 4.78 is 4.08. The Kier molecular flexibility index (Phi) is 3.95. The van der Waals surface area contributed by atoms with Gasteiger partial charge in [0.2, 0.25) is 0 Å². The zero-order valence-electron chi connectivity index (χ0n) is 15.1. The van der Waals surface area contributed by atoms with Gasteiger partial charge < -0.3 is 9.88 Å². The second-order valence-corrected chi connectivity index (χ2v) is 6.46. The minimum Gasteiger partial charge on any atom is -0.320 e. The van der Waals surface area contributed by atoms with Crippen molar-refractivity contribution in [2.75, 3.05) is 0 Å². The number of amides is 3. The maximum atomic E-state index is 12.5. The van der Waals surface area contributed by atoms with E-state index in [-0.39, 0.29) is 5.70 Å². The number of rotatable bonds is 3. The van der Waals surface area contributed by atoms with E-state index in [0.29, 0.717) is 17.7 Å². The van der Waals surface area contributed by atoms with Crippen molar-refractivity contribution in [1.29, 1.82) is 0 Å². The van der Waals surface area contributed by atoms with Crippen molar-refractivity contribution in [3.63, 3.8) is 0 Å². The molecule has 1 aliphatic rings. The number of hydrogen-bond donors (Lipinski definition) is 2. The molecule has 3 amide bonds. The van der Waals surface area contributed by atoms with Gasteiger partial charge in [0.05, 0.1) is 6.33 Å². The lowest BCUT2D eigenvalue weighted by Crippen LogP contribution is -2.37. The monoisotopic (exact) mass is 380 g/mol.